The van der Waals surface area contributed by atoms with E-state index in [1.807, 2.05) is 0 Å². The SMILES string of the molecule is C=C(CCCCCCCN(CCCCCCCC(=C)OC(CCCCCCCC)CCCCCCCC)C(C)CO)OCCCCCCCCC. The average Bonchev–Trinajstić information content (AvgIpc) is 3.13. The van der Waals surface area contributed by atoms with Gasteiger partial charge in [-0.25, -0.2) is 0 Å². The molecule has 0 amide bonds. The van der Waals surface area contributed by atoms with Crippen LogP contribution in [0.15, 0.2) is 24.7 Å². The fourth-order valence-corrected chi connectivity index (χ4v) is 7.21. The maximum Gasteiger partial charge on any atom is 0.0982 e. The third kappa shape index (κ3) is 35.8. The second-order valence-electron chi connectivity index (χ2n) is 16.0. The summed E-state index contributed by atoms with van der Waals surface area (Å²) in [6.45, 7) is 20.8. The van der Waals surface area contributed by atoms with E-state index in [4.69, 9.17) is 9.47 Å². The van der Waals surface area contributed by atoms with Crippen LogP contribution >= 0.6 is 0 Å². The Balaban J connectivity index is 4.05. The van der Waals surface area contributed by atoms with Crippen LogP contribution in [-0.2, 0) is 9.47 Å². The van der Waals surface area contributed by atoms with Gasteiger partial charge in [-0.2, -0.15) is 0 Å². The molecule has 0 bridgehead atoms. The summed E-state index contributed by atoms with van der Waals surface area (Å²) in [6.07, 6.45) is 42.7. The number of aliphatic hydroxyl groups excluding tert-OH is 1. The van der Waals surface area contributed by atoms with Crippen LogP contribution in [-0.4, -0.2) is 48.5 Å². The van der Waals surface area contributed by atoms with Crippen molar-refractivity contribution < 1.29 is 14.6 Å². The Morgan fingerprint density at radius 1 is 0.490 bits per heavy atom. The van der Waals surface area contributed by atoms with E-state index in [1.54, 1.807) is 0 Å². The Bertz CT molecular complexity index is 708. The molecule has 0 aromatic heterocycles. The number of rotatable bonds is 43. The lowest BCUT2D eigenvalue weighted by Gasteiger charge is -2.27. The van der Waals surface area contributed by atoms with Crippen molar-refractivity contribution in [2.24, 2.45) is 0 Å². The monoisotopic (exact) mass is 720 g/mol. The van der Waals surface area contributed by atoms with Crippen LogP contribution in [0.2, 0.25) is 0 Å². The Morgan fingerprint density at radius 2 is 0.863 bits per heavy atom. The predicted octanol–water partition coefficient (Wildman–Crippen LogP) is 15.0. The minimum Gasteiger partial charge on any atom is -0.499 e. The van der Waals surface area contributed by atoms with Gasteiger partial charge in [0.05, 0.1) is 30.8 Å². The van der Waals surface area contributed by atoms with Gasteiger partial charge in [0.2, 0.25) is 0 Å². The molecule has 4 nitrogen and oxygen atoms in total. The molecule has 0 radical (unpaired) electrons. The van der Waals surface area contributed by atoms with Gasteiger partial charge >= 0.3 is 0 Å². The number of allylic oxidation sites excluding steroid dienone is 2. The van der Waals surface area contributed by atoms with Crippen LogP contribution in [0, 0.1) is 0 Å². The third-order valence-electron chi connectivity index (χ3n) is 10.8. The summed E-state index contributed by atoms with van der Waals surface area (Å²) in [5.41, 5.74) is 0. The van der Waals surface area contributed by atoms with Gasteiger partial charge in [0.1, 0.15) is 0 Å². The predicted molar refractivity (Wildman–Crippen MR) is 227 cm³/mol. The number of hydrogen-bond donors (Lipinski definition) is 1. The quantitative estimate of drug-likeness (QED) is 0.0503. The zero-order valence-electron chi connectivity index (χ0n) is 35.4. The highest BCUT2D eigenvalue weighted by atomic mass is 16.5. The number of nitrogens with zero attached hydrogens (tertiary/aromatic N) is 1. The summed E-state index contributed by atoms with van der Waals surface area (Å²) in [6, 6.07) is 0.253. The van der Waals surface area contributed by atoms with Crippen LogP contribution in [0.5, 0.6) is 0 Å². The number of ether oxygens (including phenoxy) is 2. The highest BCUT2D eigenvalue weighted by Gasteiger charge is 2.13. The van der Waals surface area contributed by atoms with E-state index < -0.39 is 0 Å². The minimum atomic E-state index is 0.252. The lowest BCUT2D eigenvalue weighted by Crippen LogP contribution is -2.37. The molecule has 304 valence electrons. The van der Waals surface area contributed by atoms with Gasteiger partial charge in [0.15, 0.2) is 0 Å². The van der Waals surface area contributed by atoms with E-state index in [2.05, 4.69) is 45.8 Å². The molecule has 51 heavy (non-hydrogen) atoms. The highest BCUT2D eigenvalue weighted by molar-refractivity contribution is 4.84. The molecule has 0 aromatic carbocycles. The summed E-state index contributed by atoms with van der Waals surface area (Å²) < 4.78 is 12.4. The largest absolute Gasteiger partial charge is 0.499 e. The Labute approximate surface area is 321 Å². The van der Waals surface area contributed by atoms with Gasteiger partial charge < -0.3 is 14.6 Å². The van der Waals surface area contributed by atoms with Crippen molar-refractivity contribution in [3.05, 3.63) is 24.7 Å². The molecule has 4 heteroatoms. The molecule has 0 aromatic rings. The molecule has 0 saturated carbocycles. The third-order valence-corrected chi connectivity index (χ3v) is 10.8. The summed E-state index contributed by atoms with van der Waals surface area (Å²) in [5.74, 6) is 2.01. The molecule has 1 N–H and O–H groups in total. The van der Waals surface area contributed by atoms with Crippen LogP contribution in [0.3, 0.4) is 0 Å². The molecule has 1 atom stereocenters. The standard InChI is InChI=1S/C47H93NO3/c1-7-10-13-16-19-28-35-42-50-45(5)36-29-22-20-26-33-40-48(44(4)43-49)41-34-27-21-23-30-37-46(6)51-47(38-31-24-17-14-11-8-2)39-32-25-18-15-12-9-3/h44,47,49H,5-43H2,1-4H3. The number of hydrogen-bond acceptors (Lipinski definition) is 4. The Hall–Kier alpha value is -1.00. The van der Waals surface area contributed by atoms with Gasteiger partial charge in [-0.3, -0.25) is 4.90 Å². The molecule has 0 aliphatic rings. The first-order valence-electron chi connectivity index (χ1n) is 23.0. The van der Waals surface area contributed by atoms with Crippen LogP contribution < -0.4 is 0 Å². The van der Waals surface area contributed by atoms with Crippen LogP contribution in [0.4, 0.5) is 0 Å². The average molecular weight is 720 g/mol. The van der Waals surface area contributed by atoms with Crippen molar-refractivity contribution >= 4 is 0 Å². The highest BCUT2D eigenvalue weighted by Crippen LogP contribution is 2.21. The molecular formula is C47H93NO3. The Morgan fingerprint density at radius 3 is 1.31 bits per heavy atom. The molecule has 0 spiro atoms. The van der Waals surface area contributed by atoms with Crippen LogP contribution in [0.25, 0.3) is 0 Å². The molecule has 0 heterocycles. The number of unbranched alkanes of at least 4 members (excludes halogenated alkanes) is 24. The molecule has 0 aliphatic heterocycles. The lowest BCUT2D eigenvalue weighted by molar-refractivity contribution is 0.0895. The van der Waals surface area contributed by atoms with E-state index in [-0.39, 0.29) is 12.6 Å². The first-order chi connectivity index (χ1) is 25.0. The van der Waals surface area contributed by atoms with Crippen molar-refractivity contribution in [3.63, 3.8) is 0 Å². The summed E-state index contributed by atoms with van der Waals surface area (Å²) >= 11 is 0. The fraction of sp³-hybridized carbons (Fsp3) is 0.915. The molecule has 1 unspecified atom stereocenters. The second-order valence-corrected chi connectivity index (χ2v) is 16.0. The zero-order valence-corrected chi connectivity index (χ0v) is 35.4. The normalized spacial score (nSPS) is 12.2. The fourth-order valence-electron chi connectivity index (χ4n) is 7.21. The van der Waals surface area contributed by atoms with Crippen molar-refractivity contribution in [1.29, 1.82) is 0 Å². The summed E-state index contributed by atoms with van der Waals surface area (Å²) in [5, 5.41) is 9.85. The van der Waals surface area contributed by atoms with Gasteiger partial charge in [0.25, 0.3) is 0 Å². The molecule has 0 fully saturated rings. The van der Waals surface area contributed by atoms with E-state index in [0.717, 1.165) is 44.1 Å². The first-order valence-corrected chi connectivity index (χ1v) is 23.0. The van der Waals surface area contributed by atoms with Crippen molar-refractivity contribution in [2.45, 2.75) is 252 Å². The van der Waals surface area contributed by atoms with Crippen molar-refractivity contribution in [3.8, 4) is 0 Å². The molecule has 0 aliphatic carbocycles. The Kier molecular flexibility index (Phi) is 39.4. The number of aliphatic hydroxyl groups is 1. The van der Waals surface area contributed by atoms with E-state index in [0.29, 0.717) is 6.10 Å². The van der Waals surface area contributed by atoms with Crippen molar-refractivity contribution in [2.75, 3.05) is 26.3 Å². The topological polar surface area (TPSA) is 41.9 Å². The van der Waals surface area contributed by atoms with Crippen molar-refractivity contribution in [1.82, 2.24) is 4.90 Å². The van der Waals surface area contributed by atoms with Gasteiger partial charge in [-0.05, 0) is 77.8 Å². The maximum atomic E-state index is 9.85. The summed E-state index contributed by atoms with van der Waals surface area (Å²) in [4.78, 5) is 2.52. The molecular weight excluding hydrogens is 627 g/mol. The van der Waals surface area contributed by atoms with Gasteiger partial charge in [0, 0.05) is 18.9 Å². The molecule has 0 rings (SSSR count). The van der Waals surface area contributed by atoms with Crippen LogP contribution in [0.1, 0.15) is 240 Å². The minimum absolute atomic E-state index is 0.252. The van der Waals surface area contributed by atoms with E-state index in [9.17, 15) is 5.11 Å². The smallest absolute Gasteiger partial charge is 0.0982 e. The maximum absolute atomic E-state index is 9.85. The van der Waals surface area contributed by atoms with Gasteiger partial charge in [-0.1, -0.05) is 175 Å². The second kappa shape index (κ2) is 40.2. The van der Waals surface area contributed by atoms with E-state index in [1.165, 1.54) is 199 Å². The van der Waals surface area contributed by atoms with E-state index >= 15 is 0 Å². The zero-order chi connectivity index (χ0) is 37.5. The lowest BCUT2D eigenvalue weighted by atomic mass is 10.0. The van der Waals surface area contributed by atoms with Gasteiger partial charge in [-0.15, -0.1) is 0 Å². The summed E-state index contributed by atoms with van der Waals surface area (Å²) in [7, 11) is 0. The molecule has 0 saturated heterocycles. The first kappa shape index (κ1) is 50.0.